The first-order valence-corrected chi connectivity index (χ1v) is 9.02. The maximum atomic E-state index is 12.2. The maximum Gasteiger partial charge on any atom is 0.258 e. The Morgan fingerprint density at radius 1 is 0.778 bits per heavy atom. The number of hydrogen-bond acceptors (Lipinski definition) is 3. The Kier molecular flexibility index (Phi) is 6.61. The van der Waals surface area contributed by atoms with E-state index in [9.17, 15) is 9.59 Å². The third kappa shape index (κ3) is 5.58. The zero-order valence-corrected chi connectivity index (χ0v) is 16.9. The summed E-state index contributed by atoms with van der Waals surface area (Å²) in [6, 6.07) is 8.06. The summed E-state index contributed by atoms with van der Waals surface area (Å²) in [6.07, 6.45) is 0. The van der Waals surface area contributed by atoms with Crippen LogP contribution in [0.3, 0.4) is 0 Å². The van der Waals surface area contributed by atoms with Crippen molar-refractivity contribution in [3.05, 3.63) is 57.6 Å². The number of benzene rings is 2. The van der Waals surface area contributed by atoms with Crippen molar-refractivity contribution in [1.29, 1.82) is 0 Å². The minimum atomic E-state index is -0.332. The van der Waals surface area contributed by atoms with Crippen LogP contribution >= 0.6 is 0 Å². The van der Waals surface area contributed by atoms with Gasteiger partial charge in [-0.3, -0.25) is 9.59 Å². The van der Waals surface area contributed by atoms with Crippen molar-refractivity contribution in [2.24, 2.45) is 0 Å². The van der Waals surface area contributed by atoms with Crippen molar-refractivity contribution in [3.8, 4) is 5.75 Å². The summed E-state index contributed by atoms with van der Waals surface area (Å²) >= 11 is 0. The van der Waals surface area contributed by atoms with Crippen LogP contribution in [0.25, 0.3) is 0 Å². The van der Waals surface area contributed by atoms with Gasteiger partial charge >= 0.3 is 0 Å². The van der Waals surface area contributed by atoms with E-state index in [-0.39, 0.29) is 25.0 Å². The summed E-state index contributed by atoms with van der Waals surface area (Å²) < 4.78 is 5.64. The Hall–Kier alpha value is -2.82. The molecule has 5 nitrogen and oxygen atoms in total. The number of anilines is 1. The smallest absolute Gasteiger partial charge is 0.258 e. The van der Waals surface area contributed by atoms with Gasteiger partial charge in [-0.05, 0) is 63.8 Å². The van der Waals surface area contributed by atoms with Gasteiger partial charge in [-0.25, -0.2) is 0 Å². The van der Waals surface area contributed by atoms with Gasteiger partial charge in [0, 0.05) is 5.69 Å². The van der Waals surface area contributed by atoms with Crippen LogP contribution in [0.15, 0.2) is 24.3 Å². The molecule has 2 amide bonds. The van der Waals surface area contributed by atoms with E-state index in [4.69, 9.17) is 4.74 Å². The summed E-state index contributed by atoms with van der Waals surface area (Å²) in [4.78, 5) is 24.2. The van der Waals surface area contributed by atoms with E-state index >= 15 is 0 Å². The van der Waals surface area contributed by atoms with Crippen molar-refractivity contribution in [2.75, 3.05) is 18.5 Å². The molecule has 0 aliphatic heterocycles. The Bertz CT molecular complexity index is 826. The van der Waals surface area contributed by atoms with Crippen LogP contribution in [0.2, 0.25) is 0 Å². The molecule has 2 N–H and O–H groups in total. The Morgan fingerprint density at radius 2 is 1.26 bits per heavy atom. The van der Waals surface area contributed by atoms with E-state index in [0.29, 0.717) is 5.75 Å². The number of nitrogens with one attached hydrogen (secondary N) is 2. The normalized spacial score (nSPS) is 10.4. The molecule has 5 heteroatoms. The highest BCUT2D eigenvalue weighted by Crippen LogP contribution is 2.24. The van der Waals surface area contributed by atoms with Crippen molar-refractivity contribution in [3.63, 3.8) is 0 Å². The standard InChI is InChI=1S/C22H28N2O3/c1-13-7-15(3)21(16(4)8-13)24-19(25)11-23-20(26)12-27-22-17(5)9-14(2)10-18(22)6/h7-10H,11-12H2,1-6H3,(H,23,26)(H,24,25). The van der Waals surface area contributed by atoms with Gasteiger partial charge in [-0.1, -0.05) is 35.4 Å². The molecule has 0 saturated carbocycles. The van der Waals surface area contributed by atoms with Gasteiger partial charge in [-0.2, -0.15) is 0 Å². The lowest BCUT2D eigenvalue weighted by atomic mass is 10.1. The van der Waals surface area contributed by atoms with Crippen LogP contribution in [-0.2, 0) is 9.59 Å². The second-order valence-electron chi connectivity index (χ2n) is 7.12. The summed E-state index contributed by atoms with van der Waals surface area (Å²) in [6.45, 7) is 11.6. The SMILES string of the molecule is Cc1cc(C)c(NC(=O)CNC(=O)COc2c(C)cc(C)cc2C)c(C)c1. The molecule has 0 aromatic heterocycles. The summed E-state index contributed by atoms with van der Waals surface area (Å²) in [5.74, 6) is 0.120. The lowest BCUT2D eigenvalue weighted by Crippen LogP contribution is -2.36. The van der Waals surface area contributed by atoms with Crippen LogP contribution in [0.5, 0.6) is 5.75 Å². The van der Waals surface area contributed by atoms with E-state index in [1.807, 2.05) is 65.8 Å². The fourth-order valence-corrected chi connectivity index (χ4v) is 3.32. The molecule has 2 rings (SSSR count). The fraction of sp³-hybridized carbons (Fsp3) is 0.364. The molecule has 0 spiro atoms. The Balaban J connectivity index is 1.86. The summed E-state index contributed by atoms with van der Waals surface area (Å²) in [7, 11) is 0. The topological polar surface area (TPSA) is 67.4 Å². The van der Waals surface area contributed by atoms with Crippen molar-refractivity contribution >= 4 is 17.5 Å². The van der Waals surface area contributed by atoms with Crippen LogP contribution in [0, 0.1) is 41.5 Å². The van der Waals surface area contributed by atoms with Crippen LogP contribution in [-0.4, -0.2) is 25.0 Å². The lowest BCUT2D eigenvalue weighted by Gasteiger charge is -2.14. The molecule has 0 aliphatic carbocycles. The first kappa shape index (κ1) is 20.5. The molecule has 0 aliphatic rings. The van der Waals surface area contributed by atoms with E-state index in [1.165, 1.54) is 0 Å². The van der Waals surface area contributed by atoms with Gasteiger partial charge in [0.05, 0.1) is 6.54 Å². The first-order valence-electron chi connectivity index (χ1n) is 9.02. The largest absolute Gasteiger partial charge is 0.483 e. The molecule has 0 bridgehead atoms. The molecule has 0 atom stereocenters. The lowest BCUT2D eigenvalue weighted by molar-refractivity contribution is -0.125. The molecule has 2 aromatic carbocycles. The van der Waals surface area contributed by atoms with E-state index in [1.54, 1.807) is 0 Å². The van der Waals surface area contributed by atoms with Crippen molar-refractivity contribution in [1.82, 2.24) is 5.32 Å². The minimum absolute atomic E-state index is 0.0964. The second-order valence-corrected chi connectivity index (χ2v) is 7.12. The molecule has 2 aromatic rings. The summed E-state index contributed by atoms with van der Waals surface area (Å²) in [5, 5.41) is 5.46. The average Bonchev–Trinajstić information content (AvgIpc) is 2.55. The van der Waals surface area contributed by atoms with Gasteiger partial charge in [-0.15, -0.1) is 0 Å². The van der Waals surface area contributed by atoms with Gasteiger partial charge in [0.1, 0.15) is 5.75 Å². The Morgan fingerprint density at radius 3 is 1.78 bits per heavy atom. The maximum absolute atomic E-state index is 12.2. The fourth-order valence-electron chi connectivity index (χ4n) is 3.32. The third-order valence-electron chi connectivity index (χ3n) is 4.34. The zero-order chi connectivity index (χ0) is 20.1. The highest BCUT2D eigenvalue weighted by Gasteiger charge is 2.11. The van der Waals surface area contributed by atoms with Crippen LogP contribution in [0.1, 0.15) is 33.4 Å². The van der Waals surface area contributed by atoms with Crippen LogP contribution in [0.4, 0.5) is 5.69 Å². The molecule has 0 radical (unpaired) electrons. The predicted molar refractivity (Wildman–Crippen MR) is 108 cm³/mol. The number of carbonyl (C=O) groups excluding carboxylic acids is 2. The number of hydrogen-bond donors (Lipinski definition) is 2. The van der Waals surface area contributed by atoms with Crippen molar-refractivity contribution < 1.29 is 14.3 Å². The molecular formula is C22H28N2O3. The average molecular weight is 368 g/mol. The molecule has 0 unspecified atom stereocenters. The number of ether oxygens (including phenoxy) is 1. The molecule has 0 saturated heterocycles. The van der Waals surface area contributed by atoms with E-state index in [2.05, 4.69) is 10.6 Å². The number of carbonyl (C=O) groups is 2. The highest BCUT2D eigenvalue weighted by molar-refractivity contribution is 5.95. The summed E-state index contributed by atoms with van der Waals surface area (Å²) in [5.41, 5.74) is 7.07. The monoisotopic (exact) mass is 368 g/mol. The van der Waals surface area contributed by atoms with Crippen molar-refractivity contribution in [2.45, 2.75) is 41.5 Å². The Labute approximate surface area is 161 Å². The number of rotatable bonds is 6. The van der Waals surface area contributed by atoms with Crippen LogP contribution < -0.4 is 15.4 Å². The van der Waals surface area contributed by atoms with E-state index in [0.717, 1.165) is 39.1 Å². The minimum Gasteiger partial charge on any atom is -0.483 e. The third-order valence-corrected chi connectivity index (χ3v) is 4.34. The van der Waals surface area contributed by atoms with Gasteiger partial charge in [0.15, 0.2) is 6.61 Å². The number of amides is 2. The predicted octanol–water partition coefficient (Wildman–Crippen LogP) is 3.67. The van der Waals surface area contributed by atoms with E-state index < -0.39 is 0 Å². The molecule has 0 fully saturated rings. The number of aryl methyl sites for hydroxylation is 6. The molecular weight excluding hydrogens is 340 g/mol. The zero-order valence-electron chi connectivity index (χ0n) is 16.9. The quantitative estimate of drug-likeness (QED) is 0.817. The highest BCUT2D eigenvalue weighted by atomic mass is 16.5. The molecule has 27 heavy (non-hydrogen) atoms. The second kappa shape index (κ2) is 8.71. The molecule has 0 heterocycles. The van der Waals surface area contributed by atoms with Gasteiger partial charge in [0.25, 0.3) is 5.91 Å². The van der Waals surface area contributed by atoms with Gasteiger partial charge < -0.3 is 15.4 Å². The van der Waals surface area contributed by atoms with Gasteiger partial charge in [0.2, 0.25) is 5.91 Å². The first-order chi connectivity index (χ1) is 12.7. The molecule has 144 valence electrons.